The molecule has 56 heavy (non-hydrogen) atoms. The van der Waals surface area contributed by atoms with E-state index in [9.17, 15) is 29.3 Å². The van der Waals surface area contributed by atoms with Crippen LogP contribution in [0, 0.1) is 10.1 Å². The lowest BCUT2D eigenvalue weighted by Gasteiger charge is -2.30. The number of esters is 2. The third kappa shape index (κ3) is 21.7. The van der Waals surface area contributed by atoms with Crippen LogP contribution in [0.25, 0.3) is 0 Å². The Morgan fingerprint density at radius 1 is 0.732 bits per heavy atom. The van der Waals surface area contributed by atoms with Gasteiger partial charge in [-0.15, -0.1) is 0 Å². The molecule has 0 saturated carbocycles. The van der Waals surface area contributed by atoms with E-state index in [2.05, 4.69) is 10.1 Å². The van der Waals surface area contributed by atoms with E-state index >= 15 is 0 Å². The molecule has 0 aliphatic carbocycles. The highest BCUT2D eigenvalue weighted by atomic mass is 35.5. The normalized spacial score (nSPS) is 13.1. The lowest BCUT2D eigenvalue weighted by atomic mass is 10.1. The summed E-state index contributed by atoms with van der Waals surface area (Å²) < 4.78 is 31.3. The molecule has 0 heterocycles. The smallest absolute Gasteiger partial charge is 0.413 e. The zero-order valence-electron chi connectivity index (χ0n) is 33.3. The third-order valence-corrected chi connectivity index (χ3v) is 6.93. The van der Waals surface area contributed by atoms with E-state index in [1.165, 1.54) is 24.3 Å². The monoisotopic (exact) mass is 803 g/mol. The summed E-state index contributed by atoms with van der Waals surface area (Å²) >= 11 is 4.72. The number of ether oxygens (including phenoxy) is 6. The fraction of sp³-hybridized carbons (Fsp3) is 0.450. The van der Waals surface area contributed by atoms with Crippen LogP contribution in [0.4, 0.5) is 15.3 Å². The Labute approximate surface area is 333 Å². The number of non-ortho nitro benzene ring substituents is 1. The van der Waals surface area contributed by atoms with E-state index in [1.54, 1.807) is 20.8 Å². The molecule has 3 aromatic rings. The van der Waals surface area contributed by atoms with Crippen molar-refractivity contribution in [1.82, 2.24) is 5.32 Å². The number of benzene rings is 3. The van der Waals surface area contributed by atoms with Crippen LogP contribution in [0.5, 0.6) is 5.75 Å². The number of carbonyl (C=O) groups is 4. The van der Waals surface area contributed by atoms with Crippen LogP contribution in [0.15, 0.2) is 84.9 Å². The highest BCUT2D eigenvalue weighted by Gasteiger charge is 2.33. The Morgan fingerprint density at radius 3 is 1.57 bits per heavy atom. The number of rotatable bonds is 14. The van der Waals surface area contributed by atoms with Gasteiger partial charge >= 0.3 is 23.5 Å². The van der Waals surface area contributed by atoms with E-state index in [-0.39, 0.29) is 36.4 Å². The second-order valence-electron chi connectivity index (χ2n) is 14.0. The fourth-order valence-electron chi connectivity index (χ4n) is 4.47. The summed E-state index contributed by atoms with van der Waals surface area (Å²) in [4.78, 5) is 56.6. The van der Waals surface area contributed by atoms with E-state index in [1.807, 2.05) is 102 Å². The number of carbonyl (C=O) groups excluding carboxylic acids is 4. The lowest BCUT2D eigenvalue weighted by Crippen LogP contribution is -2.51. The number of nitro groups is 1. The van der Waals surface area contributed by atoms with Gasteiger partial charge in [0.05, 0.1) is 34.9 Å². The first-order valence-corrected chi connectivity index (χ1v) is 18.1. The molecule has 0 spiro atoms. The Bertz CT molecular complexity index is 1650. The van der Waals surface area contributed by atoms with Gasteiger partial charge in [-0.05, 0) is 85.6 Å². The van der Waals surface area contributed by atoms with Crippen LogP contribution in [0.3, 0.4) is 0 Å². The molecule has 0 aliphatic heterocycles. The maximum atomic E-state index is 12.7. The van der Waals surface area contributed by atoms with Crippen LogP contribution >= 0.6 is 11.6 Å². The molecule has 15 nitrogen and oxygen atoms in total. The van der Waals surface area contributed by atoms with Gasteiger partial charge in [0.1, 0.15) is 25.0 Å². The van der Waals surface area contributed by atoms with Gasteiger partial charge in [-0.1, -0.05) is 60.7 Å². The number of nitrogens with zero attached hydrogens (tertiary/aromatic N) is 1. The van der Waals surface area contributed by atoms with Crippen molar-refractivity contribution in [2.45, 2.75) is 111 Å². The van der Waals surface area contributed by atoms with Gasteiger partial charge in [-0.25, -0.2) is 14.4 Å². The molecule has 2 unspecified atom stereocenters. The molecule has 4 atom stereocenters. The minimum absolute atomic E-state index is 0.0392. The number of amides is 1. The molecular formula is C40H54ClN3O12. The number of nitrogens with one attached hydrogen (secondary N) is 1. The molecule has 0 aliphatic rings. The zero-order chi connectivity index (χ0) is 42.5. The Hall–Kier alpha value is -5.09. The van der Waals surface area contributed by atoms with Gasteiger partial charge in [-0.3, -0.25) is 14.9 Å². The van der Waals surface area contributed by atoms with Crippen molar-refractivity contribution in [2.75, 3.05) is 6.61 Å². The highest BCUT2D eigenvalue weighted by Crippen LogP contribution is 2.19. The molecule has 0 radical (unpaired) electrons. The van der Waals surface area contributed by atoms with Crippen molar-refractivity contribution in [3.05, 3.63) is 106 Å². The van der Waals surface area contributed by atoms with Gasteiger partial charge in [0.2, 0.25) is 0 Å². The van der Waals surface area contributed by atoms with Gasteiger partial charge in [0.25, 0.3) is 5.69 Å². The number of nitrogens with two attached hydrogens (primary N) is 1. The largest absolute Gasteiger partial charge is 0.460 e. The molecule has 1 amide bonds. The standard InChI is InChI=1S/C22H26N2O7.C15H23NO3.C3H5ClO2/c1-15(31-22(2,3)4)19(20(25)29-14-16-8-6-5-7-9-16)23-21(26)30-18-12-10-17(11-13-18)24(27)28;1-11(19-15(2,3)4)13(16)14(17)18-10-12-8-6-5-7-9-12;1-2-6-3(4)5/h5-13,15,19H,14H2,1-4H3,(H,23,26);5-9,11,13H,10,16H2,1-4H3;2H2,1H3/t15?,19-;11?,13-;/m00./s1. The van der Waals surface area contributed by atoms with E-state index in [0.29, 0.717) is 6.61 Å². The molecule has 3 rings (SSSR count). The van der Waals surface area contributed by atoms with Crippen molar-refractivity contribution >= 4 is 40.7 Å². The van der Waals surface area contributed by atoms with Gasteiger partial charge in [0, 0.05) is 23.7 Å². The van der Waals surface area contributed by atoms with E-state index in [0.717, 1.165) is 11.1 Å². The fourth-order valence-corrected chi connectivity index (χ4v) is 4.58. The average molecular weight is 804 g/mol. The highest BCUT2D eigenvalue weighted by molar-refractivity contribution is 6.61. The van der Waals surface area contributed by atoms with Gasteiger partial charge in [0.15, 0.2) is 6.04 Å². The first kappa shape index (κ1) is 48.9. The van der Waals surface area contributed by atoms with Crippen LogP contribution in [-0.2, 0) is 46.5 Å². The Kier molecular flexibility index (Phi) is 21.3. The summed E-state index contributed by atoms with van der Waals surface area (Å²) in [5, 5.41) is 13.2. The molecular weight excluding hydrogens is 750 g/mol. The number of halogens is 1. The molecule has 3 N–H and O–H groups in total. The topological polar surface area (TPSA) is 205 Å². The van der Waals surface area contributed by atoms with Crippen LogP contribution < -0.4 is 15.8 Å². The Balaban J connectivity index is 0.000000530. The molecule has 0 fully saturated rings. The third-order valence-electron chi connectivity index (χ3n) is 6.82. The number of hydrogen-bond donors (Lipinski definition) is 2. The summed E-state index contributed by atoms with van der Waals surface area (Å²) in [7, 11) is 0. The van der Waals surface area contributed by atoms with Crippen LogP contribution in [0.2, 0.25) is 0 Å². The van der Waals surface area contributed by atoms with E-state index < -0.39 is 52.2 Å². The molecule has 0 bridgehead atoms. The summed E-state index contributed by atoms with van der Waals surface area (Å²) in [5.41, 5.74) is 5.79. The molecule has 0 saturated heterocycles. The van der Waals surface area contributed by atoms with Gasteiger partial charge in [-0.2, -0.15) is 0 Å². The summed E-state index contributed by atoms with van der Waals surface area (Å²) in [6.45, 7) is 17.0. The summed E-state index contributed by atoms with van der Waals surface area (Å²) in [6.07, 6.45) is -2.02. The van der Waals surface area contributed by atoms with Crippen LogP contribution in [0.1, 0.15) is 73.4 Å². The van der Waals surface area contributed by atoms with Crippen molar-refractivity contribution in [3.8, 4) is 5.75 Å². The average Bonchev–Trinajstić information content (AvgIpc) is 3.11. The van der Waals surface area contributed by atoms with Gasteiger partial charge < -0.3 is 39.5 Å². The predicted octanol–water partition coefficient (Wildman–Crippen LogP) is 7.64. The number of hydrogen-bond acceptors (Lipinski definition) is 13. The molecule has 308 valence electrons. The Morgan fingerprint density at radius 2 is 1.18 bits per heavy atom. The predicted molar refractivity (Wildman–Crippen MR) is 210 cm³/mol. The molecule has 16 heteroatoms. The van der Waals surface area contributed by atoms with Crippen LogP contribution in [-0.4, -0.2) is 70.5 Å². The van der Waals surface area contributed by atoms with Crippen molar-refractivity contribution in [1.29, 1.82) is 0 Å². The van der Waals surface area contributed by atoms with Crippen molar-refractivity contribution < 1.29 is 52.5 Å². The second-order valence-corrected chi connectivity index (χ2v) is 14.3. The zero-order valence-corrected chi connectivity index (χ0v) is 34.1. The minimum atomic E-state index is -1.13. The maximum absolute atomic E-state index is 12.7. The van der Waals surface area contributed by atoms with Crippen molar-refractivity contribution in [3.63, 3.8) is 0 Å². The SMILES string of the molecule is CC(OC(C)(C)C)[C@H](N)C(=O)OCc1ccccc1.CC(OC(C)(C)C)[C@H](NC(=O)Oc1ccc([N+](=O)[O-])cc1)C(=O)OCc1ccccc1.CCOC(=O)Cl. The lowest BCUT2D eigenvalue weighted by molar-refractivity contribution is -0.384. The van der Waals surface area contributed by atoms with Crippen molar-refractivity contribution in [2.24, 2.45) is 5.73 Å². The van der Waals surface area contributed by atoms with E-state index in [4.69, 9.17) is 41.0 Å². The first-order valence-electron chi connectivity index (χ1n) is 17.7. The first-order chi connectivity index (χ1) is 26.1. The number of nitro benzene ring substituents is 1. The summed E-state index contributed by atoms with van der Waals surface area (Å²) in [5.74, 6) is -1.04. The second kappa shape index (κ2) is 24.4. The maximum Gasteiger partial charge on any atom is 0.413 e. The molecule has 0 aromatic heterocycles. The molecule has 3 aromatic carbocycles. The quantitative estimate of drug-likeness (QED) is 0.0529. The summed E-state index contributed by atoms with van der Waals surface area (Å²) in [6, 6.07) is 21.7. The minimum Gasteiger partial charge on any atom is -0.460 e.